The Hall–Kier alpha value is -2.61. The molecule has 0 radical (unpaired) electrons. The van der Waals surface area contributed by atoms with Crippen molar-refractivity contribution in [3.63, 3.8) is 0 Å². The van der Waals surface area contributed by atoms with Gasteiger partial charge < -0.3 is 14.6 Å². The number of para-hydroxylation sites is 2. The van der Waals surface area contributed by atoms with Crippen LogP contribution in [-0.4, -0.2) is 28.3 Å². The fraction of sp³-hybridized carbons (Fsp3) is 0.263. The highest BCUT2D eigenvalue weighted by Crippen LogP contribution is 2.19. The second-order valence-corrected chi connectivity index (χ2v) is 6.70. The highest BCUT2D eigenvalue weighted by atomic mass is 32.2. The van der Waals surface area contributed by atoms with Gasteiger partial charge in [0.2, 0.25) is 5.91 Å². The molecule has 3 aromatic rings. The van der Waals surface area contributed by atoms with Gasteiger partial charge in [0.15, 0.2) is 0 Å². The number of aromatic nitrogens is 2. The van der Waals surface area contributed by atoms with Crippen molar-refractivity contribution in [2.45, 2.75) is 25.5 Å². The van der Waals surface area contributed by atoms with Gasteiger partial charge in [0, 0.05) is 6.54 Å². The molecule has 0 saturated heterocycles. The largest absolute Gasteiger partial charge is 0.435 e. The van der Waals surface area contributed by atoms with Gasteiger partial charge in [0.25, 0.3) is 0 Å². The molecular weight excluding hydrogens is 372 g/mol. The molecule has 3 rings (SSSR count). The van der Waals surface area contributed by atoms with Gasteiger partial charge in [0.05, 0.1) is 16.8 Å². The average Bonchev–Trinajstić information content (AvgIpc) is 2.98. The number of hydrogen-bond donors (Lipinski definition) is 1. The van der Waals surface area contributed by atoms with Gasteiger partial charge in [-0.25, -0.2) is 4.98 Å². The van der Waals surface area contributed by atoms with Crippen LogP contribution < -0.4 is 10.1 Å². The number of benzene rings is 2. The SMILES string of the molecule is CSCc1nc2ccccc2n1CC(=O)NCc1ccc(OC(F)F)cc1. The van der Waals surface area contributed by atoms with Crippen LogP contribution in [0.1, 0.15) is 11.4 Å². The van der Waals surface area contributed by atoms with Gasteiger partial charge in [-0.2, -0.15) is 20.5 Å². The maximum absolute atomic E-state index is 12.4. The number of amides is 1. The van der Waals surface area contributed by atoms with Gasteiger partial charge in [-0.3, -0.25) is 4.79 Å². The second kappa shape index (κ2) is 8.85. The summed E-state index contributed by atoms with van der Waals surface area (Å²) in [4.78, 5) is 17.0. The predicted molar refractivity (Wildman–Crippen MR) is 102 cm³/mol. The van der Waals surface area contributed by atoms with Gasteiger partial charge >= 0.3 is 6.61 Å². The third kappa shape index (κ3) is 4.97. The summed E-state index contributed by atoms with van der Waals surface area (Å²) in [5.41, 5.74) is 2.58. The van der Waals surface area contributed by atoms with Crippen molar-refractivity contribution in [3.05, 3.63) is 59.9 Å². The molecule has 0 unspecified atom stereocenters. The van der Waals surface area contributed by atoms with Crippen LogP contribution in [0.2, 0.25) is 0 Å². The fourth-order valence-corrected chi connectivity index (χ4v) is 3.21. The Bertz CT molecular complexity index is 913. The minimum absolute atomic E-state index is 0.0895. The molecule has 5 nitrogen and oxygen atoms in total. The van der Waals surface area contributed by atoms with Gasteiger partial charge in [-0.15, -0.1) is 0 Å². The second-order valence-electron chi connectivity index (χ2n) is 5.84. The molecule has 1 aromatic heterocycles. The zero-order chi connectivity index (χ0) is 19.2. The van der Waals surface area contributed by atoms with Crippen molar-refractivity contribution < 1.29 is 18.3 Å². The van der Waals surface area contributed by atoms with E-state index in [0.29, 0.717) is 12.3 Å². The zero-order valence-electron chi connectivity index (χ0n) is 14.7. The molecule has 0 aliphatic carbocycles. The molecule has 142 valence electrons. The lowest BCUT2D eigenvalue weighted by atomic mass is 10.2. The van der Waals surface area contributed by atoms with Crippen molar-refractivity contribution in [3.8, 4) is 5.75 Å². The van der Waals surface area contributed by atoms with Gasteiger partial charge in [-0.05, 0) is 36.1 Å². The van der Waals surface area contributed by atoms with E-state index in [2.05, 4.69) is 15.0 Å². The fourth-order valence-electron chi connectivity index (χ4n) is 2.73. The molecule has 1 N–H and O–H groups in total. The molecule has 2 aromatic carbocycles. The number of hydrogen-bond acceptors (Lipinski definition) is 4. The number of alkyl halides is 2. The van der Waals surface area contributed by atoms with Crippen molar-refractivity contribution in [2.24, 2.45) is 0 Å². The van der Waals surface area contributed by atoms with Crippen molar-refractivity contribution >= 4 is 28.7 Å². The topological polar surface area (TPSA) is 56.2 Å². The smallest absolute Gasteiger partial charge is 0.387 e. The molecule has 0 saturated carbocycles. The van der Waals surface area contributed by atoms with Gasteiger partial charge in [0.1, 0.15) is 18.1 Å². The number of rotatable bonds is 8. The highest BCUT2D eigenvalue weighted by molar-refractivity contribution is 7.97. The van der Waals surface area contributed by atoms with Crippen molar-refractivity contribution in [1.29, 1.82) is 0 Å². The van der Waals surface area contributed by atoms with E-state index >= 15 is 0 Å². The van der Waals surface area contributed by atoms with Crippen LogP contribution in [0.4, 0.5) is 8.78 Å². The standard InChI is InChI=1S/C19H19F2N3O2S/c1-27-12-17-23-15-4-2-3-5-16(15)24(17)11-18(25)22-10-13-6-8-14(9-7-13)26-19(20)21/h2-9,19H,10-12H2,1H3,(H,22,25). The summed E-state index contributed by atoms with van der Waals surface area (Å²) in [7, 11) is 0. The maximum atomic E-state index is 12.4. The Balaban J connectivity index is 1.64. The zero-order valence-corrected chi connectivity index (χ0v) is 15.5. The van der Waals surface area contributed by atoms with E-state index in [1.54, 1.807) is 23.9 Å². The van der Waals surface area contributed by atoms with Crippen molar-refractivity contribution in [1.82, 2.24) is 14.9 Å². The molecule has 0 aliphatic rings. The third-order valence-corrected chi connectivity index (χ3v) is 4.49. The summed E-state index contributed by atoms with van der Waals surface area (Å²) in [6.45, 7) is -2.38. The number of thioether (sulfide) groups is 1. The number of ether oxygens (including phenoxy) is 1. The van der Waals surface area contributed by atoms with Crippen LogP contribution >= 0.6 is 11.8 Å². The lowest BCUT2D eigenvalue weighted by molar-refractivity contribution is -0.121. The minimum Gasteiger partial charge on any atom is -0.435 e. The van der Waals surface area contributed by atoms with Crippen LogP contribution in [-0.2, 0) is 23.6 Å². The molecule has 27 heavy (non-hydrogen) atoms. The van der Waals surface area contributed by atoms with E-state index in [-0.39, 0.29) is 18.2 Å². The van der Waals surface area contributed by atoms with Crippen molar-refractivity contribution in [2.75, 3.05) is 6.26 Å². The number of nitrogens with zero attached hydrogens (tertiary/aromatic N) is 2. The Labute approximate surface area is 159 Å². The van der Waals surface area contributed by atoms with Crippen LogP contribution in [0.15, 0.2) is 48.5 Å². The first kappa shape index (κ1) is 19.2. The Morgan fingerprint density at radius 1 is 1.22 bits per heavy atom. The Morgan fingerprint density at radius 3 is 2.67 bits per heavy atom. The highest BCUT2D eigenvalue weighted by Gasteiger charge is 2.13. The monoisotopic (exact) mass is 391 g/mol. The number of imidazole rings is 1. The lowest BCUT2D eigenvalue weighted by Crippen LogP contribution is -2.27. The Morgan fingerprint density at radius 2 is 1.96 bits per heavy atom. The van der Waals surface area contributed by atoms with E-state index in [4.69, 9.17) is 0 Å². The summed E-state index contributed by atoms with van der Waals surface area (Å²) in [5.74, 6) is 1.51. The van der Waals surface area contributed by atoms with Crippen LogP contribution in [0, 0.1) is 0 Å². The molecule has 0 atom stereocenters. The Kier molecular flexibility index (Phi) is 6.28. The number of fused-ring (bicyclic) bond motifs is 1. The first-order valence-electron chi connectivity index (χ1n) is 8.30. The molecule has 0 bridgehead atoms. The van der Waals surface area contributed by atoms with Gasteiger partial charge in [-0.1, -0.05) is 24.3 Å². The predicted octanol–water partition coefficient (Wildman–Crippen LogP) is 3.82. The molecule has 0 aliphatic heterocycles. The lowest BCUT2D eigenvalue weighted by Gasteiger charge is -2.10. The molecular formula is C19H19F2N3O2S. The van der Waals surface area contributed by atoms with E-state index in [0.717, 1.165) is 22.4 Å². The van der Waals surface area contributed by atoms with E-state index in [9.17, 15) is 13.6 Å². The number of carbonyl (C=O) groups is 1. The molecule has 0 spiro atoms. The number of halogens is 2. The summed E-state index contributed by atoms with van der Waals surface area (Å²) in [6, 6.07) is 13.9. The quantitative estimate of drug-likeness (QED) is 0.634. The summed E-state index contributed by atoms with van der Waals surface area (Å²) < 4.78 is 30.6. The maximum Gasteiger partial charge on any atom is 0.387 e. The molecule has 1 heterocycles. The van der Waals surface area contributed by atoms with Crippen LogP contribution in [0.3, 0.4) is 0 Å². The minimum atomic E-state index is -2.85. The normalized spacial score (nSPS) is 11.1. The number of carbonyl (C=O) groups excluding carboxylic acids is 1. The molecule has 8 heteroatoms. The first-order chi connectivity index (χ1) is 13.1. The summed E-state index contributed by atoms with van der Waals surface area (Å²) >= 11 is 1.65. The molecule has 1 amide bonds. The third-order valence-electron chi connectivity index (χ3n) is 3.95. The average molecular weight is 391 g/mol. The van der Waals surface area contributed by atoms with Crippen LogP contribution in [0.25, 0.3) is 11.0 Å². The summed E-state index contributed by atoms with van der Waals surface area (Å²) in [5, 5.41) is 2.85. The van der Waals surface area contributed by atoms with Crippen LogP contribution in [0.5, 0.6) is 5.75 Å². The van der Waals surface area contributed by atoms with E-state index in [1.165, 1.54) is 12.1 Å². The molecule has 0 fully saturated rings. The van der Waals surface area contributed by atoms with E-state index < -0.39 is 6.61 Å². The summed E-state index contributed by atoms with van der Waals surface area (Å²) in [6.07, 6.45) is 1.99. The number of nitrogens with one attached hydrogen (secondary N) is 1. The first-order valence-corrected chi connectivity index (χ1v) is 9.69. The van der Waals surface area contributed by atoms with E-state index in [1.807, 2.05) is 35.1 Å².